The highest BCUT2D eigenvalue weighted by Gasteiger charge is 2.11. The van der Waals surface area contributed by atoms with E-state index in [1.54, 1.807) is 19.1 Å². The first-order valence-corrected chi connectivity index (χ1v) is 5.93. The highest BCUT2D eigenvalue weighted by molar-refractivity contribution is 5.90. The summed E-state index contributed by atoms with van der Waals surface area (Å²) in [5, 5.41) is 0. The minimum Gasteiger partial charge on any atom is -0.465 e. The molecule has 0 saturated carbocycles. The van der Waals surface area contributed by atoms with Crippen LogP contribution < -0.4 is 10.5 Å². The van der Waals surface area contributed by atoms with Crippen LogP contribution in [-0.4, -0.2) is 13.1 Å². The molecule has 2 N–H and O–H groups in total. The van der Waals surface area contributed by atoms with Gasteiger partial charge in [-0.3, -0.25) is 0 Å². The molecule has 0 aliphatic rings. The maximum absolute atomic E-state index is 13.0. The van der Waals surface area contributed by atoms with E-state index in [-0.39, 0.29) is 5.82 Å². The molecule has 2 aromatic rings. The molecule has 0 fully saturated rings. The van der Waals surface area contributed by atoms with Gasteiger partial charge in [-0.15, -0.1) is 0 Å². The monoisotopic (exact) mass is 275 g/mol. The Morgan fingerprint density at radius 1 is 1.15 bits per heavy atom. The zero-order chi connectivity index (χ0) is 14.7. The minimum absolute atomic E-state index is 0.322. The number of rotatable bonds is 3. The summed E-state index contributed by atoms with van der Waals surface area (Å²) in [7, 11) is 1.29. The molecule has 5 heteroatoms. The van der Waals surface area contributed by atoms with Crippen molar-refractivity contribution in [1.29, 1.82) is 0 Å². The number of hydrogen-bond acceptors (Lipinski definition) is 4. The summed E-state index contributed by atoms with van der Waals surface area (Å²) in [5.41, 5.74) is 7.15. The van der Waals surface area contributed by atoms with Crippen molar-refractivity contribution < 1.29 is 18.7 Å². The van der Waals surface area contributed by atoms with E-state index < -0.39 is 5.97 Å². The van der Waals surface area contributed by atoms with Crippen molar-refractivity contribution >= 4 is 11.7 Å². The number of halogens is 1. The molecule has 0 aliphatic heterocycles. The van der Waals surface area contributed by atoms with E-state index >= 15 is 0 Å². The Balaban J connectivity index is 2.35. The summed E-state index contributed by atoms with van der Waals surface area (Å²) < 4.78 is 23.3. The second kappa shape index (κ2) is 5.61. The molecule has 4 nitrogen and oxygen atoms in total. The molecular weight excluding hydrogens is 261 g/mol. The van der Waals surface area contributed by atoms with Crippen LogP contribution in [0.25, 0.3) is 0 Å². The van der Waals surface area contributed by atoms with E-state index in [0.717, 1.165) is 0 Å². The van der Waals surface area contributed by atoms with E-state index in [4.69, 9.17) is 10.5 Å². The fourth-order valence-electron chi connectivity index (χ4n) is 1.71. The largest absolute Gasteiger partial charge is 0.465 e. The van der Waals surface area contributed by atoms with E-state index in [2.05, 4.69) is 4.74 Å². The van der Waals surface area contributed by atoms with Gasteiger partial charge in [-0.25, -0.2) is 9.18 Å². The number of carbonyl (C=O) groups excluding carboxylic acids is 1. The van der Waals surface area contributed by atoms with Gasteiger partial charge < -0.3 is 15.2 Å². The Labute approximate surface area is 115 Å². The maximum Gasteiger partial charge on any atom is 0.337 e. The average molecular weight is 275 g/mol. The van der Waals surface area contributed by atoms with Gasteiger partial charge in [0.25, 0.3) is 0 Å². The lowest BCUT2D eigenvalue weighted by Crippen LogP contribution is -2.02. The summed E-state index contributed by atoms with van der Waals surface area (Å²) in [6, 6.07) is 8.75. The van der Waals surface area contributed by atoms with Crippen molar-refractivity contribution in [3.63, 3.8) is 0 Å². The standard InChI is InChI=1S/C15H14FNO3/c1-9-7-11(16)4-6-13(9)20-14-8-10(15(18)19-2)3-5-12(14)17/h3-8H,17H2,1-2H3. The summed E-state index contributed by atoms with van der Waals surface area (Å²) >= 11 is 0. The van der Waals surface area contributed by atoms with Crippen LogP contribution in [0.3, 0.4) is 0 Å². The van der Waals surface area contributed by atoms with Gasteiger partial charge in [0, 0.05) is 0 Å². The maximum atomic E-state index is 13.0. The Hall–Kier alpha value is -2.56. The molecule has 0 unspecified atom stereocenters. The van der Waals surface area contributed by atoms with Crippen LogP contribution in [0.4, 0.5) is 10.1 Å². The smallest absolute Gasteiger partial charge is 0.337 e. The lowest BCUT2D eigenvalue weighted by molar-refractivity contribution is 0.0600. The first-order valence-electron chi connectivity index (χ1n) is 5.93. The molecule has 0 bridgehead atoms. The number of nitrogens with two attached hydrogens (primary N) is 1. The quantitative estimate of drug-likeness (QED) is 0.689. The molecule has 0 aromatic heterocycles. The summed E-state index contributed by atoms with van der Waals surface area (Å²) in [5.74, 6) is -0.0282. The molecule has 0 spiro atoms. The highest BCUT2D eigenvalue weighted by atomic mass is 19.1. The van der Waals surface area contributed by atoms with Crippen LogP contribution in [0.1, 0.15) is 15.9 Å². The number of aryl methyl sites for hydroxylation is 1. The lowest BCUT2D eigenvalue weighted by atomic mass is 10.2. The van der Waals surface area contributed by atoms with Crippen molar-refractivity contribution in [2.75, 3.05) is 12.8 Å². The number of methoxy groups -OCH3 is 1. The van der Waals surface area contributed by atoms with Crippen molar-refractivity contribution in [2.24, 2.45) is 0 Å². The molecule has 0 aliphatic carbocycles. The van der Waals surface area contributed by atoms with Gasteiger partial charge in [0.05, 0.1) is 18.4 Å². The van der Waals surface area contributed by atoms with Gasteiger partial charge in [0.2, 0.25) is 0 Å². The van der Waals surface area contributed by atoms with Gasteiger partial charge in [-0.2, -0.15) is 0 Å². The van der Waals surface area contributed by atoms with Gasteiger partial charge in [0.15, 0.2) is 5.75 Å². The number of nitrogen functional groups attached to an aromatic ring is 1. The molecule has 0 atom stereocenters. The van der Waals surface area contributed by atoms with Crippen LogP contribution in [0.5, 0.6) is 11.5 Å². The Morgan fingerprint density at radius 2 is 1.90 bits per heavy atom. The number of benzene rings is 2. The molecule has 104 valence electrons. The van der Waals surface area contributed by atoms with E-state index in [0.29, 0.717) is 28.3 Å². The molecule has 0 amide bonds. The first-order chi connectivity index (χ1) is 9.51. The fourth-order valence-corrected chi connectivity index (χ4v) is 1.71. The molecule has 2 aromatic carbocycles. The van der Waals surface area contributed by atoms with Gasteiger partial charge in [-0.1, -0.05) is 0 Å². The normalized spacial score (nSPS) is 10.2. The number of esters is 1. The van der Waals surface area contributed by atoms with Crippen LogP contribution >= 0.6 is 0 Å². The van der Waals surface area contributed by atoms with E-state index in [1.807, 2.05) is 0 Å². The minimum atomic E-state index is -0.481. The summed E-state index contributed by atoms with van der Waals surface area (Å²) in [6.45, 7) is 1.72. The number of anilines is 1. The van der Waals surface area contributed by atoms with Crippen LogP contribution in [-0.2, 0) is 4.74 Å². The van der Waals surface area contributed by atoms with Crippen molar-refractivity contribution in [1.82, 2.24) is 0 Å². The predicted molar refractivity (Wildman–Crippen MR) is 73.4 cm³/mol. The second-order valence-corrected chi connectivity index (χ2v) is 4.26. The topological polar surface area (TPSA) is 61.5 Å². The molecule has 2 rings (SSSR count). The third kappa shape index (κ3) is 2.88. The van der Waals surface area contributed by atoms with Crippen molar-refractivity contribution in [2.45, 2.75) is 6.92 Å². The zero-order valence-corrected chi connectivity index (χ0v) is 11.1. The SMILES string of the molecule is COC(=O)c1ccc(N)c(Oc2ccc(F)cc2C)c1. The zero-order valence-electron chi connectivity index (χ0n) is 11.1. The van der Waals surface area contributed by atoms with Crippen LogP contribution in [0.2, 0.25) is 0 Å². The summed E-state index contributed by atoms with van der Waals surface area (Å²) in [6.07, 6.45) is 0. The lowest BCUT2D eigenvalue weighted by Gasteiger charge is -2.11. The molecule has 0 heterocycles. The van der Waals surface area contributed by atoms with Crippen molar-refractivity contribution in [3.8, 4) is 11.5 Å². The van der Waals surface area contributed by atoms with E-state index in [9.17, 15) is 9.18 Å². The third-order valence-corrected chi connectivity index (χ3v) is 2.79. The van der Waals surface area contributed by atoms with Gasteiger partial charge in [0.1, 0.15) is 11.6 Å². The average Bonchev–Trinajstić information content (AvgIpc) is 2.43. The highest BCUT2D eigenvalue weighted by Crippen LogP contribution is 2.30. The molecular formula is C15H14FNO3. The third-order valence-electron chi connectivity index (χ3n) is 2.79. The predicted octanol–water partition coefficient (Wildman–Crippen LogP) is 3.30. The number of ether oxygens (including phenoxy) is 2. The van der Waals surface area contributed by atoms with Gasteiger partial charge in [-0.05, 0) is 48.9 Å². The Bertz CT molecular complexity index is 656. The summed E-state index contributed by atoms with van der Waals surface area (Å²) in [4.78, 5) is 11.5. The van der Waals surface area contributed by atoms with E-state index in [1.165, 1.54) is 31.4 Å². The Morgan fingerprint density at radius 3 is 2.55 bits per heavy atom. The number of carbonyl (C=O) groups is 1. The Kier molecular flexibility index (Phi) is 3.89. The molecule has 0 radical (unpaired) electrons. The van der Waals surface area contributed by atoms with Crippen LogP contribution in [0.15, 0.2) is 36.4 Å². The van der Waals surface area contributed by atoms with Crippen LogP contribution in [0, 0.1) is 12.7 Å². The van der Waals surface area contributed by atoms with Crippen molar-refractivity contribution in [3.05, 3.63) is 53.3 Å². The molecule has 20 heavy (non-hydrogen) atoms. The number of hydrogen-bond donors (Lipinski definition) is 1. The first kappa shape index (κ1) is 13.9. The fraction of sp³-hybridized carbons (Fsp3) is 0.133. The molecule has 0 saturated heterocycles. The van der Waals surface area contributed by atoms with Gasteiger partial charge >= 0.3 is 5.97 Å². The second-order valence-electron chi connectivity index (χ2n) is 4.26.